The Labute approximate surface area is 115 Å². The van der Waals surface area contributed by atoms with E-state index in [9.17, 15) is 9.59 Å². The summed E-state index contributed by atoms with van der Waals surface area (Å²) in [7, 11) is 3.70. The lowest BCUT2D eigenvalue weighted by molar-refractivity contribution is -0.284. The van der Waals surface area contributed by atoms with Crippen LogP contribution in [0.25, 0.3) is 0 Å². The minimum absolute atomic E-state index is 0.0783. The van der Waals surface area contributed by atoms with Gasteiger partial charge in [0.25, 0.3) is 0 Å². The Morgan fingerprint density at radius 2 is 1.89 bits per heavy atom. The van der Waals surface area contributed by atoms with Crippen LogP contribution in [-0.2, 0) is 14.4 Å². The van der Waals surface area contributed by atoms with E-state index in [1.54, 1.807) is 10.2 Å². The third-order valence-corrected chi connectivity index (χ3v) is 3.37. The number of carbonyl (C=O) groups is 2. The molecule has 19 heavy (non-hydrogen) atoms. The molecule has 0 aromatic heterocycles. The highest BCUT2D eigenvalue weighted by Gasteiger charge is 2.33. The molecule has 110 valence electrons. The van der Waals surface area contributed by atoms with Crippen molar-refractivity contribution in [2.75, 3.05) is 14.1 Å². The van der Waals surface area contributed by atoms with Gasteiger partial charge < -0.3 is 9.63 Å². The molecule has 0 amide bonds. The van der Waals surface area contributed by atoms with Gasteiger partial charge in [-0.3, -0.25) is 0 Å². The molecule has 0 bridgehead atoms. The Morgan fingerprint density at radius 1 is 1.26 bits per heavy atom. The first-order valence-corrected chi connectivity index (χ1v) is 6.90. The van der Waals surface area contributed by atoms with E-state index in [0.29, 0.717) is 0 Å². The average Bonchev–Trinajstić information content (AvgIpc) is 2.34. The molecule has 2 atom stereocenters. The minimum atomic E-state index is -0.535. The fourth-order valence-corrected chi connectivity index (χ4v) is 2.23. The smallest absolute Gasteiger partial charge is 0.332 e. The largest absolute Gasteiger partial charge is 0.352 e. The Bertz CT molecular complexity index is 323. The van der Waals surface area contributed by atoms with E-state index in [4.69, 9.17) is 4.84 Å². The molecule has 1 saturated carbocycles. The molecule has 0 aliphatic heterocycles. The van der Waals surface area contributed by atoms with E-state index in [-0.39, 0.29) is 17.9 Å². The first-order valence-electron chi connectivity index (χ1n) is 6.90. The van der Waals surface area contributed by atoms with Gasteiger partial charge in [0.1, 0.15) is 6.29 Å². The van der Waals surface area contributed by atoms with Crippen molar-refractivity contribution in [1.82, 2.24) is 10.2 Å². The van der Waals surface area contributed by atoms with Crippen LogP contribution in [0.4, 0.5) is 0 Å². The van der Waals surface area contributed by atoms with Gasteiger partial charge in [0, 0.05) is 20.0 Å². The second-order valence-electron chi connectivity index (χ2n) is 6.50. The molecule has 5 nitrogen and oxygen atoms in total. The predicted molar refractivity (Wildman–Crippen MR) is 72.9 cm³/mol. The molecule has 0 heterocycles. The van der Waals surface area contributed by atoms with Crippen molar-refractivity contribution in [3.8, 4) is 0 Å². The van der Waals surface area contributed by atoms with Gasteiger partial charge >= 0.3 is 5.97 Å². The van der Waals surface area contributed by atoms with Gasteiger partial charge in [0.05, 0.1) is 11.5 Å². The molecule has 1 rings (SSSR count). The third-order valence-electron chi connectivity index (χ3n) is 3.37. The molecule has 0 radical (unpaired) electrons. The van der Waals surface area contributed by atoms with E-state index >= 15 is 0 Å². The standard InChI is InChI=1S/C14H26N2O3/c1-14(2,3)13(18)19-16(15(4)5)12-8-6-7-11(9-12)10-17/h10-12H,6-9H2,1-5H3. The van der Waals surface area contributed by atoms with E-state index in [1.165, 1.54) is 0 Å². The normalized spacial score (nSPS) is 24.6. The molecule has 0 N–H and O–H groups in total. The van der Waals surface area contributed by atoms with Crippen molar-refractivity contribution in [2.24, 2.45) is 11.3 Å². The summed E-state index contributed by atoms with van der Waals surface area (Å²) in [6, 6.07) is 0.0882. The summed E-state index contributed by atoms with van der Waals surface area (Å²) in [5.74, 6) is -0.177. The molecule has 2 unspecified atom stereocenters. The van der Waals surface area contributed by atoms with E-state index < -0.39 is 5.41 Å². The average molecular weight is 270 g/mol. The summed E-state index contributed by atoms with van der Waals surface area (Å²) in [6.07, 6.45) is 4.64. The van der Waals surface area contributed by atoms with Gasteiger partial charge in [-0.25, -0.2) is 9.80 Å². The lowest BCUT2D eigenvalue weighted by Gasteiger charge is -2.38. The Morgan fingerprint density at radius 3 is 2.37 bits per heavy atom. The number of hydrogen-bond acceptors (Lipinski definition) is 5. The molecule has 0 aromatic rings. The van der Waals surface area contributed by atoms with Crippen molar-refractivity contribution in [3.05, 3.63) is 0 Å². The quantitative estimate of drug-likeness (QED) is 0.578. The van der Waals surface area contributed by atoms with Crippen LogP contribution in [-0.4, -0.2) is 42.6 Å². The Hall–Kier alpha value is -0.940. The molecule has 1 aliphatic rings. The lowest BCUT2D eigenvalue weighted by atomic mass is 9.87. The van der Waals surface area contributed by atoms with Crippen LogP contribution in [0.15, 0.2) is 0 Å². The van der Waals surface area contributed by atoms with Crippen LogP contribution in [0.1, 0.15) is 46.5 Å². The van der Waals surface area contributed by atoms with Gasteiger partial charge in [-0.1, -0.05) is 11.6 Å². The van der Waals surface area contributed by atoms with Gasteiger partial charge in [0.15, 0.2) is 0 Å². The summed E-state index contributed by atoms with van der Waals surface area (Å²) in [4.78, 5) is 28.5. The minimum Gasteiger partial charge on any atom is -0.352 e. The van der Waals surface area contributed by atoms with E-state index in [2.05, 4.69) is 0 Å². The summed E-state index contributed by atoms with van der Waals surface area (Å²) >= 11 is 0. The van der Waals surface area contributed by atoms with Crippen LogP contribution >= 0.6 is 0 Å². The Kier molecular flexibility index (Phi) is 5.50. The van der Waals surface area contributed by atoms with Crippen LogP contribution < -0.4 is 0 Å². The highest BCUT2D eigenvalue weighted by atomic mass is 16.7. The molecular formula is C14H26N2O3. The van der Waals surface area contributed by atoms with Crippen LogP contribution in [0.2, 0.25) is 0 Å². The van der Waals surface area contributed by atoms with Crippen LogP contribution in [0.5, 0.6) is 0 Å². The topological polar surface area (TPSA) is 49.9 Å². The third kappa shape index (κ3) is 4.58. The molecule has 5 heteroatoms. The number of hydrogen-bond donors (Lipinski definition) is 0. The molecule has 0 spiro atoms. The summed E-state index contributed by atoms with van der Waals surface area (Å²) in [5.41, 5.74) is -0.535. The molecular weight excluding hydrogens is 244 g/mol. The second kappa shape index (κ2) is 6.48. The van der Waals surface area contributed by atoms with Crippen LogP contribution in [0, 0.1) is 11.3 Å². The van der Waals surface area contributed by atoms with Gasteiger partial charge in [-0.15, -0.1) is 0 Å². The number of hydrazine groups is 1. The van der Waals surface area contributed by atoms with Gasteiger partial charge in [-0.05, 0) is 40.0 Å². The SMILES string of the molecule is CN(C)N(OC(=O)C(C)(C)C)C1CCCC(C=O)C1. The first kappa shape index (κ1) is 16.1. The summed E-state index contributed by atoms with van der Waals surface area (Å²) in [5, 5.41) is 3.41. The highest BCUT2D eigenvalue weighted by molar-refractivity contribution is 5.75. The molecule has 1 aliphatic carbocycles. The number of rotatable bonds is 4. The van der Waals surface area contributed by atoms with Crippen LogP contribution in [0.3, 0.4) is 0 Å². The Balaban J connectivity index is 2.72. The van der Waals surface area contributed by atoms with E-state index in [1.807, 2.05) is 34.9 Å². The number of hydroxylamine groups is 1. The molecule has 1 fully saturated rings. The zero-order chi connectivity index (χ0) is 14.6. The maximum atomic E-state index is 12.0. The molecule has 0 aromatic carbocycles. The van der Waals surface area contributed by atoms with E-state index in [0.717, 1.165) is 32.0 Å². The van der Waals surface area contributed by atoms with Crippen molar-refractivity contribution >= 4 is 12.3 Å². The summed E-state index contributed by atoms with van der Waals surface area (Å²) < 4.78 is 0. The van der Waals surface area contributed by atoms with Gasteiger partial charge in [-0.2, -0.15) is 0 Å². The summed E-state index contributed by atoms with van der Waals surface area (Å²) in [6.45, 7) is 5.49. The zero-order valence-corrected chi connectivity index (χ0v) is 12.7. The van der Waals surface area contributed by atoms with Crippen molar-refractivity contribution in [3.63, 3.8) is 0 Å². The van der Waals surface area contributed by atoms with Crippen molar-refractivity contribution in [2.45, 2.75) is 52.5 Å². The highest BCUT2D eigenvalue weighted by Crippen LogP contribution is 2.28. The first-order chi connectivity index (χ1) is 8.75. The lowest BCUT2D eigenvalue weighted by Crippen LogP contribution is -2.49. The molecule has 0 saturated heterocycles. The van der Waals surface area contributed by atoms with Gasteiger partial charge in [0.2, 0.25) is 0 Å². The maximum absolute atomic E-state index is 12.0. The second-order valence-corrected chi connectivity index (χ2v) is 6.50. The monoisotopic (exact) mass is 270 g/mol. The fraction of sp³-hybridized carbons (Fsp3) is 0.857. The van der Waals surface area contributed by atoms with Crippen molar-refractivity contribution < 1.29 is 14.4 Å². The fourth-order valence-electron chi connectivity index (χ4n) is 2.23. The predicted octanol–water partition coefficient (Wildman–Crippen LogP) is 2.03. The number of carbonyl (C=O) groups excluding carboxylic acids is 2. The maximum Gasteiger partial charge on any atom is 0.332 e. The van der Waals surface area contributed by atoms with Crippen molar-refractivity contribution in [1.29, 1.82) is 0 Å². The zero-order valence-electron chi connectivity index (χ0n) is 12.7. The number of aldehydes is 1. The number of nitrogens with zero attached hydrogens (tertiary/aromatic N) is 2.